The second-order valence-electron chi connectivity index (χ2n) is 5.15. The van der Waals surface area contributed by atoms with Gasteiger partial charge < -0.3 is 15.0 Å². The van der Waals surface area contributed by atoms with Crippen LogP contribution in [0.5, 0.6) is 0 Å². The molecule has 1 amide bonds. The number of nitrogens with one attached hydrogen (secondary N) is 1. The monoisotopic (exact) mass is 240 g/mol. The van der Waals surface area contributed by atoms with Gasteiger partial charge in [0.2, 0.25) is 5.91 Å². The number of carbonyl (C=O) groups is 1. The average molecular weight is 240 g/mol. The standard InChI is InChI=1S/C13H24N2O2/c1-2-15(9-11-5-7-17-10-11)13(16)12-4-3-6-14-8-12/h11-12,14H,2-10H2,1H3/t11?,12-/m1/s1. The first kappa shape index (κ1) is 12.8. The van der Waals surface area contributed by atoms with Crippen LogP contribution >= 0.6 is 0 Å². The highest BCUT2D eigenvalue weighted by atomic mass is 16.5. The van der Waals surface area contributed by atoms with Gasteiger partial charge in [0.25, 0.3) is 0 Å². The Labute approximate surface area is 104 Å². The average Bonchev–Trinajstić information content (AvgIpc) is 2.89. The van der Waals surface area contributed by atoms with Crippen LogP contribution in [0.3, 0.4) is 0 Å². The molecule has 0 aliphatic carbocycles. The minimum absolute atomic E-state index is 0.200. The highest BCUT2D eigenvalue weighted by Crippen LogP contribution is 2.18. The predicted octanol–water partition coefficient (Wildman–Crippen LogP) is 0.871. The van der Waals surface area contributed by atoms with Crippen molar-refractivity contribution >= 4 is 5.91 Å². The van der Waals surface area contributed by atoms with Crippen LogP contribution in [0.15, 0.2) is 0 Å². The van der Waals surface area contributed by atoms with E-state index in [0.29, 0.717) is 11.8 Å². The van der Waals surface area contributed by atoms with E-state index in [-0.39, 0.29) is 5.92 Å². The molecule has 1 N–H and O–H groups in total. The summed E-state index contributed by atoms with van der Waals surface area (Å²) in [6.07, 6.45) is 3.27. The summed E-state index contributed by atoms with van der Waals surface area (Å²) in [4.78, 5) is 14.4. The van der Waals surface area contributed by atoms with Gasteiger partial charge in [0.05, 0.1) is 12.5 Å². The summed E-state index contributed by atoms with van der Waals surface area (Å²) in [7, 11) is 0. The van der Waals surface area contributed by atoms with Crippen molar-refractivity contribution in [2.45, 2.75) is 26.2 Å². The maximum Gasteiger partial charge on any atom is 0.226 e. The first-order valence-corrected chi connectivity index (χ1v) is 6.88. The molecule has 4 nitrogen and oxygen atoms in total. The number of piperidine rings is 1. The SMILES string of the molecule is CCN(CC1CCOC1)C(=O)[C@@H]1CCCNC1. The van der Waals surface area contributed by atoms with Crippen molar-refractivity contribution in [3.8, 4) is 0 Å². The minimum atomic E-state index is 0.200. The van der Waals surface area contributed by atoms with E-state index in [9.17, 15) is 4.79 Å². The number of ether oxygens (including phenoxy) is 1. The number of hydrogen-bond acceptors (Lipinski definition) is 3. The van der Waals surface area contributed by atoms with Crippen LogP contribution < -0.4 is 5.32 Å². The molecular weight excluding hydrogens is 216 g/mol. The van der Waals surface area contributed by atoms with E-state index in [1.165, 1.54) is 0 Å². The summed E-state index contributed by atoms with van der Waals surface area (Å²) >= 11 is 0. The van der Waals surface area contributed by atoms with Gasteiger partial charge in [-0.1, -0.05) is 0 Å². The first-order chi connectivity index (χ1) is 8.31. The predicted molar refractivity (Wildman–Crippen MR) is 66.8 cm³/mol. The van der Waals surface area contributed by atoms with Crippen molar-refractivity contribution in [1.29, 1.82) is 0 Å². The van der Waals surface area contributed by atoms with Gasteiger partial charge in [-0.15, -0.1) is 0 Å². The van der Waals surface area contributed by atoms with E-state index in [1.54, 1.807) is 0 Å². The molecule has 17 heavy (non-hydrogen) atoms. The lowest BCUT2D eigenvalue weighted by Gasteiger charge is -2.30. The van der Waals surface area contributed by atoms with Gasteiger partial charge >= 0.3 is 0 Å². The molecule has 4 heteroatoms. The van der Waals surface area contributed by atoms with Crippen molar-refractivity contribution in [1.82, 2.24) is 10.2 Å². The Morgan fingerprint density at radius 1 is 1.47 bits per heavy atom. The Hall–Kier alpha value is -0.610. The van der Waals surface area contributed by atoms with Crippen LogP contribution in [-0.2, 0) is 9.53 Å². The third kappa shape index (κ3) is 3.42. The van der Waals surface area contributed by atoms with Crippen LogP contribution in [0, 0.1) is 11.8 Å². The molecule has 2 aliphatic rings. The lowest BCUT2D eigenvalue weighted by molar-refractivity contribution is -0.136. The normalized spacial score (nSPS) is 29.2. The van der Waals surface area contributed by atoms with Gasteiger partial charge in [-0.2, -0.15) is 0 Å². The second kappa shape index (κ2) is 6.36. The summed E-state index contributed by atoms with van der Waals surface area (Å²) in [6, 6.07) is 0. The zero-order chi connectivity index (χ0) is 12.1. The summed E-state index contributed by atoms with van der Waals surface area (Å²) in [5.41, 5.74) is 0. The molecule has 0 radical (unpaired) electrons. The molecule has 2 aliphatic heterocycles. The summed E-state index contributed by atoms with van der Waals surface area (Å²) in [6.45, 7) is 7.39. The van der Waals surface area contributed by atoms with Crippen LogP contribution in [-0.4, -0.2) is 50.2 Å². The molecule has 0 aromatic carbocycles. The van der Waals surface area contributed by atoms with Crippen LogP contribution in [0.4, 0.5) is 0 Å². The Bertz CT molecular complexity index is 246. The summed E-state index contributed by atoms with van der Waals surface area (Å²) < 4.78 is 5.38. The maximum absolute atomic E-state index is 12.4. The molecule has 0 spiro atoms. The lowest BCUT2D eigenvalue weighted by Crippen LogP contribution is -2.44. The molecule has 0 saturated carbocycles. The number of amides is 1. The van der Waals surface area contributed by atoms with Gasteiger partial charge in [0, 0.05) is 32.2 Å². The number of carbonyl (C=O) groups excluding carboxylic acids is 1. The maximum atomic E-state index is 12.4. The molecule has 2 fully saturated rings. The number of hydrogen-bond donors (Lipinski definition) is 1. The molecule has 2 heterocycles. The lowest BCUT2D eigenvalue weighted by atomic mass is 9.97. The number of rotatable bonds is 4. The van der Waals surface area contributed by atoms with Gasteiger partial charge in [0.15, 0.2) is 0 Å². The van der Waals surface area contributed by atoms with Crippen molar-refractivity contribution in [3.63, 3.8) is 0 Å². The van der Waals surface area contributed by atoms with Crippen LogP contribution in [0.25, 0.3) is 0 Å². The van der Waals surface area contributed by atoms with Gasteiger partial charge in [-0.05, 0) is 32.7 Å². The van der Waals surface area contributed by atoms with Crippen molar-refractivity contribution in [2.75, 3.05) is 39.4 Å². The van der Waals surface area contributed by atoms with Gasteiger partial charge in [-0.25, -0.2) is 0 Å². The largest absolute Gasteiger partial charge is 0.381 e. The van der Waals surface area contributed by atoms with E-state index in [2.05, 4.69) is 12.2 Å². The molecule has 2 saturated heterocycles. The van der Waals surface area contributed by atoms with Crippen molar-refractivity contribution < 1.29 is 9.53 Å². The van der Waals surface area contributed by atoms with E-state index in [4.69, 9.17) is 4.74 Å². The highest BCUT2D eigenvalue weighted by molar-refractivity contribution is 5.79. The molecule has 1 unspecified atom stereocenters. The topological polar surface area (TPSA) is 41.6 Å². The summed E-state index contributed by atoms with van der Waals surface area (Å²) in [5.74, 6) is 1.09. The minimum Gasteiger partial charge on any atom is -0.381 e. The van der Waals surface area contributed by atoms with Gasteiger partial charge in [-0.3, -0.25) is 4.79 Å². The second-order valence-corrected chi connectivity index (χ2v) is 5.15. The fourth-order valence-electron chi connectivity index (χ4n) is 2.73. The molecule has 2 atom stereocenters. The third-order valence-corrected chi connectivity index (χ3v) is 3.84. The van der Waals surface area contributed by atoms with E-state index < -0.39 is 0 Å². The fourth-order valence-corrected chi connectivity index (χ4v) is 2.73. The van der Waals surface area contributed by atoms with Crippen molar-refractivity contribution in [3.05, 3.63) is 0 Å². The Balaban J connectivity index is 1.84. The molecule has 98 valence electrons. The Morgan fingerprint density at radius 3 is 2.94 bits per heavy atom. The van der Waals surface area contributed by atoms with Crippen LogP contribution in [0.2, 0.25) is 0 Å². The quantitative estimate of drug-likeness (QED) is 0.793. The van der Waals surface area contributed by atoms with Crippen LogP contribution in [0.1, 0.15) is 26.2 Å². The van der Waals surface area contributed by atoms with E-state index in [1.807, 2.05) is 4.90 Å². The Morgan fingerprint density at radius 2 is 2.35 bits per heavy atom. The third-order valence-electron chi connectivity index (χ3n) is 3.84. The smallest absolute Gasteiger partial charge is 0.226 e. The molecule has 0 bridgehead atoms. The zero-order valence-electron chi connectivity index (χ0n) is 10.8. The highest BCUT2D eigenvalue weighted by Gasteiger charge is 2.27. The van der Waals surface area contributed by atoms with Crippen molar-refractivity contribution in [2.24, 2.45) is 11.8 Å². The summed E-state index contributed by atoms with van der Waals surface area (Å²) in [5, 5.41) is 3.32. The molecule has 0 aromatic rings. The van der Waals surface area contributed by atoms with E-state index >= 15 is 0 Å². The molecular formula is C13H24N2O2. The Kier molecular flexibility index (Phi) is 4.80. The number of nitrogens with zero attached hydrogens (tertiary/aromatic N) is 1. The fraction of sp³-hybridized carbons (Fsp3) is 0.923. The molecule has 2 rings (SSSR count). The van der Waals surface area contributed by atoms with E-state index in [0.717, 1.165) is 58.7 Å². The zero-order valence-corrected chi connectivity index (χ0v) is 10.8. The molecule has 0 aromatic heterocycles. The first-order valence-electron chi connectivity index (χ1n) is 6.88. The van der Waals surface area contributed by atoms with Gasteiger partial charge in [0.1, 0.15) is 0 Å².